The van der Waals surface area contributed by atoms with Gasteiger partial charge in [0, 0.05) is 18.3 Å². The summed E-state index contributed by atoms with van der Waals surface area (Å²) >= 11 is 0. The summed E-state index contributed by atoms with van der Waals surface area (Å²) in [6.07, 6.45) is 10.6. The normalized spacial score (nSPS) is 20.7. The molecule has 30 heavy (non-hydrogen) atoms. The Bertz CT molecular complexity index is 1030. The smallest absolute Gasteiger partial charge is 0.340 e. The fraction of sp³-hybridized carbons (Fsp3) is 0.409. The highest BCUT2D eigenvalue weighted by Gasteiger charge is 2.25. The molecule has 1 aliphatic carbocycles. The zero-order valence-corrected chi connectivity index (χ0v) is 17.4. The van der Waals surface area contributed by atoms with Crippen molar-refractivity contribution in [2.45, 2.75) is 38.0 Å². The summed E-state index contributed by atoms with van der Waals surface area (Å²) in [6.45, 7) is -0.128. The first-order chi connectivity index (χ1) is 14.4. The van der Waals surface area contributed by atoms with Crippen LogP contribution in [-0.4, -0.2) is 49.8 Å². The maximum absolute atomic E-state index is 12.4. The number of hydrogen-bond acceptors (Lipinski definition) is 6. The Morgan fingerprint density at radius 1 is 1.07 bits per heavy atom. The summed E-state index contributed by atoms with van der Waals surface area (Å²) < 4.78 is 31.9. The Balaban J connectivity index is 1.33. The highest BCUT2D eigenvalue weighted by atomic mass is 32.2. The Morgan fingerprint density at radius 3 is 2.53 bits per heavy atom. The number of ketones is 1. The number of benzene rings is 1. The SMILES string of the molecule is O=C(OCC(=O)c1ccc(C2CCCCC2)cc1)C1=CN2CCS(=O)(=O)N=C2C=C1. The Morgan fingerprint density at radius 2 is 1.80 bits per heavy atom. The third-order valence-electron chi connectivity index (χ3n) is 5.70. The Hall–Kier alpha value is -2.74. The van der Waals surface area contributed by atoms with Crippen LogP contribution in [0.5, 0.6) is 0 Å². The average molecular weight is 429 g/mol. The van der Waals surface area contributed by atoms with E-state index in [-0.39, 0.29) is 36.1 Å². The van der Waals surface area contributed by atoms with Gasteiger partial charge in [0.05, 0.1) is 11.3 Å². The molecule has 2 heterocycles. The Labute approximate surface area is 176 Å². The van der Waals surface area contributed by atoms with Crippen LogP contribution in [0.4, 0.5) is 0 Å². The molecule has 2 aliphatic heterocycles. The molecule has 158 valence electrons. The number of amidine groups is 1. The lowest BCUT2D eigenvalue weighted by Crippen LogP contribution is -2.37. The van der Waals surface area contributed by atoms with Crippen molar-refractivity contribution in [3.05, 3.63) is 59.3 Å². The number of hydrogen-bond donors (Lipinski definition) is 0. The van der Waals surface area contributed by atoms with E-state index in [4.69, 9.17) is 4.74 Å². The molecule has 3 aliphatic rings. The van der Waals surface area contributed by atoms with Crippen LogP contribution in [0.15, 0.2) is 52.6 Å². The van der Waals surface area contributed by atoms with Crippen molar-refractivity contribution < 1.29 is 22.7 Å². The summed E-state index contributed by atoms with van der Waals surface area (Å²) in [5.74, 6) is -0.162. The first-order valence-corrected chi connectivity index (χ1v) is 11.8. The van der Waals surface area contributed by atoms with Crippen LogP contribution in [0.3, 0.4) is 0 Å². The predicted molar refractivity (Wildman–Crippen MR) is 113 cm³/mol. The number of nitrogens with zero attached hydrogens (tertiary/aromatic N) is 2. The van der Waals surface area contributed by atoms with E-state index in [9.17, 15) is 18.0 Å². The van der Waals surface area contributed by atoms with Gasteiger partial charge in [-0.3, -0.25) is 4.79 Å². The molecule has 0 amide bonds. The van der Waals surface area contributed by atoms with E-state index in [0.717, 1.165) is 0 Å². The van der Waals surface area contributed by atoms with E-state index >= 15 is 0 Å². The minimum absolute atomic E-state index is 0.113. The molecule has 1 saturated carbocycles. The highest BCUT2D eigenvalue weighted by molar-refractivity contribution is 7.90. The molecule has 0 atom stereocenters. The monoisotopic (exact) mass is 428 g/mol. The van der Waals surface area contributed by atoms with Gasteiger partial charge in [0.15, 0.2) is 12.4 Å². The summed E-state index contributed by atoms with van der Waals surface area (Å²) in [5, 5.41) is 0. The second kappa shape index (κ2) is 8.55. The maximum atomic E-state index is 12.4. The first-order valence-electron chi connectivity index (χ1n) is 10.2. The lowest BCUT2D eigenvalue weighted by Gasteiger charge is -2.26. The van der Waals surface area contributed by atoms with Crippen molar-refractivity contribution in [3.8, 4) is 0 Å². The molecule has 0 saturated heterocycles. The van der Waals surface area contributed by atoms with Crippen LogP contribution in [0.25, 0.3) is 0 Å². The number of rotatable bonds is 5. The van der Waals surface area contributed by atoms with Crippen LogP contribution in [-0.2, 0) is 19.6 Å². The van der Waals surface area contributed by atoms with Crippen molar-refractivity contribution in [2.75, 3.05) is 18.9 Å². The summed E-state index contributed by atoms with van der Waals surface area (Å²) in [6, 6.07) is 7.61. The zero-order valence-electron chi connectivity index (χ0n) is 16.6. The molecular formula is C22H24N2O5S. The minimum Gasteiger partial charge on any atom is -0.454 e. The molecule has 0 spiro atoms. The van der Waals surface area contributed by atoms with Gasteiger partial charge < -0.3 is 9.64 Å². The fourth-order valence-corrected chi connectivity index (χ4v) is 4.97. The molecule has 0 unspecified atom stereocenters. The zero-order chi connectivity index (χ0) is 21.1. The molecule has 4 rings (SSSR count). The van der Waals surface area contributed by atoms with Crippen molar-refractivity contribution >= 4 is 27.6 Å². The van der Waals surface area contributed by atoms with Gasteiger partial charge in [0.25, 0.3) is 10.0 Å². The van der Waals surface area contributed by atoms with Gasteiger partial charge in [-0.25, -0.2) is 13.2 Å². The number of sulfonamides is 1. The number of Topliss-reactive ketones (excluding diaryl/α,β-unsaturated/α-hetero) is 1. The number of fused-ring (bicyclic) bond motifs is 1. The number of carbonyl (C=O) groups excluding carboxylic acids is 2. The molecule has 0 bridgehead atoms. The van der Waals surface area contributed by atoms with Crippen LogP contribution in [0, 0.1) is 0 Å². The Kier molecular flexibility index (Phi) is 5.85. The first kappa shape index (κ1) is 20.5. The standard InChI is InChI=1S/C22H24N2O5S/c25-20(18-8-6-17(7-9-18)16-4-2-1-3-5-16)15-29-22(26)19-10-11-21-23-30(27,28)13-12-24(21)14-19/h6-11,14,16H,1-5,12-13,15H2. The quantitative estimate of drug-likeness (QED) is 0.529. The molecule has 0 aromatic heterocycles. The molecule has 0 N–H and O–H groups in total. The largest absolute Gasteiger partial charge is 0.454 e. The average Bonchev–Trinajstić information content (AvgIpc) is 2.77. The van der Waals surface area contributed by atoms with E-state index in [1.807, 2.05) is 12.1 Å². The second-order valence-corrected chi connectivity index (χ2v) is 9.56. The molecule has 1 aromatic rings. The van der Waals surface area contributed by atoms with Crippen LogP contribution in [0.1, 0.15) is 53.9 Å². The van der Waals surface area contributed by atoms with Gasteiger partial charge >= 0.3 is 5.97 Å². The van der Waals surface area contributed by atoms with Gasteiger partial charge in [-0.15, -0.1) is 4.40 Å². The topological polar surface area (TPSA) is 93.1 Å². The van der Waals surface area contributed by atoms with Gasteiger partial charge in [0.1, 0.15) is 5.84 Å². The predicted octanol–water partition coefficient (Wildman–Crippen LogP) is 2.96. The van der Waals surface area contributed by atoms with E-state index in [1.54, 1.807) is 17.0 Å². The number of carbonyl (C=O) groups is 2. The highest BCUT2D eigenvalue weighted by Crippen LogP contribution is 2.32. The second-order valence-electron chi connectivity index (χ2n) is 7.80. The van der Waals surface area contributed by atoms with Crippen LogP contribution in [0.2, 0.25) is 0 Å². The summed E-state index contributed by atoms with van der Waals surface area (Å²) in [7, 11) is -3.45. The number of esters is 1. The van der Waals surface area contributed by atoms with E-state index in [0.29, 0.717) is 11.5 Å². The van der Waals surface area contributed by atoms with Crippen molar-refractivity contribution in [1.29, 1.82) is 0 Å². The summed E-state index contributed by atoms with van der Waals surface area (Å²) in [5.41, 5.74) is 2.03. The molecule has 1 fully saturated rings. The molecule has 7 nitrogen and oxygen atoms in total. The van der Waals surface area contributed by atoms with Crippen molar-refractivity contribution in [2.24, 2.45) is 4.40 Å². The third-order valence-corrected chi connectivity index (χ3v) is 6.87. The minimum atomic E-state index is -3.45. The maximum Gasteiger partial charge on any atom is 0.340 e. The van der Waals surface area contributed by atoms with E-state index < -0.39 is 16.0 Å². The van der Waals surface area contributed by atoms with Crippen LogP contribution < -0.4 is 0 Å². The van der Waals surface area contributed by atoms with Gasteiger partial charge in [-0.1, -0.05) is 43.5 Å². The fourth-order valence-electron chi connectivity index (χ4n) is 4.00. The lowest BCUT2D eigenvalue weighted by molar-refractivity contribution is -0.137. The lowest BCUT2D eigenvalue weighted by atomic mass is 9.84. The van der Waals surface area contributed by atoms with E-state index in [2.05, 4.69) is 4.40 Å². The molecular weight excluding hydrogens is 404 g/mol. The van der Waals surface area contributed by atoms with Crippen molar-refractivity contribution in [3.63, 3.8) is 0 Å². The van der Waals surface area contributed by atoms with Gasteiger partial charge in [-0.05, 0) is 36.5 Å². The van der Waals surface area contributed by atoms with Gasteiger partial charge in [0.2, 0.25) is 0 Å². The third kappa shape index (κ3) is 4.70. The van der Waals surface area contributed by atoms with E-state index in [1.165, 1.54) is 56.0 Å². The van der Waals surface area contributed by atoms with Gasteiger partial charge in [-0.2, -0.15) is 0 Å². The molecule has 8 heteroatoms. The van der Waals surface area contributed by atoms with Crippen molar-refractivity contribution in [1.82, 2.24) is 4.90 Å². The van der Waals surface area contributed by atoms with Crippen LogP contribution >= 0.6 is 0 Å². The number of ether oxygens (including phenoxy) is 1. The summed E-state index contributed by atoms with van der Waals surface area (Å²) in [4.78, 5) is 26.3. The molecule has 0 radical (unpaired) electrons. The molecule has 1 aromatic carbocycles.